The molecule has 0 aliphatic rings. The smallest absolute Gasteiger partial charge is 0.315 e. The standard InChI is InChI=1S/C23H31N3O/c1-4-7-18(3)20(5-2)13-15-25-23(27)26-16-19-9-11-21(12-10-19)22-8-6-14-24-17-22/h6,8-14,17-18H,4-5,7,15-16H2,1-3H3,(H2,25,26,27)/b20-13-/t18-/m1/s1. The number of rotatable bonds is 9. The number of pyridine rings is 1. The molecular formula is C23H31N3O. The molecule has 0 aliphatic heterocycles. The largest absolute Gasteiger partial charge is 0.335 e. The Hall–Kier alpha value is -2.62. The molecule has 27 heavy (non-hydrogen) atoms. The first-order valence-corrected chi connectivity index (χ1v) is 9.84. The molecule has 0 unspecified atom stereocenters. The van der Waals surface area contributed by atoms with Crippen molar-refractivity contribution >= 4 is 6.03 Å². The molecule has 2 amide bonds. The van der Waals surface area contributed by atoms with Gasteiger partial charge in [0.15, 0.2) is 0 Å². The van der Waals surface area contributed by atoms with E-state index in [1.54, 1.807) is 6.20 Å². The van der Waals surface area contributed by atoms with Crippen molar-refractivity contribution in [2.75, 3.05) is 6.54 Å². The van der Waals surface area contributed by atoms with Crippen molar-refractivity contribution in [2.24, 2.45) is 5.92 Å². The number of amides is 2. The fourth-order valence-corrected chi connectivity index (χ4v) is 3.18. The molecule has 0 bridgehead atoms. The highest BCUT2D eigenvalue weighted by molar-refractivity contribution is 5.74. The highest BCUT2D eigenvalue weighted by Gasteiger charge is 2.06. The summed E-state index contributed by atoms with van der Waals surface area (Å²) in [6.07, 6.45) is 9.19. The van der Waals surface area contributed by atoms with Gasteiger partial charge in [-0.2, -0.15) is 0 Å². The van der Waals surface area contributed by atoms with Crippen LogP contribution in [0.3, 0.4) is 0 Å². The van der Waals surface area contributed by atoms with Crippen LogP contribution in [0.25, 0.3) is 11.1 Å². The maximum absolute atomic E-state index is 12.0. The predicted octanol–water partition coefficient (Wildman–Crippen LogP) is 5.32. The third-order valence-corrected chi connectivity index (χ3v) is 4.79. The topological polar surface area (TPSA) is 54.0 Å². The highest BCUT2D eigenvalue weighted by atomic mass is 16.2. The maximum Gasteiger partial charge on any atom is 0.315 e. The number of allylic oxidation sites excluding steroid dienone is 1. The summed E-state index contributed by atoms with van der Waals surface area (Å²) in [7, 11) is 0. The van der Waals surface area contributed by atoms with Crippen LogP contribution in [0.1, 0.15) is 45.6 Å². The zero-order chi connectivity index (χ0) is 19.5. The van der Waals surface area contributed by atoms with Gasteiger partial charge in [-0.1, -0.05) is 69.2 Å². The van der Waals surface area contributed by atoms with Crippen molar-refractivity contribution in [1.82, 2.24) is 15.6 Å². The summed E-state index contributed by atoms with van der Waals surface area (Å²) in [6.45, 7) is 7.72. The summed E-state index contributed by atoms with van der Waals surface area (Å²) in [5.74, 6) is 0.586. The van der Waals surface area contributed by atoms with Crippen molar-refractivity contribution in [3.05, 3.63) is 66.0 Å². The molecule has 1 atom stereocenters. The molecule has 2 aromatic rings. The molecule has 4 nitrogen and oxygen atoms in total. The Bertz CT molecular complexity index is 723. The average molecular weight is 366 g/mol. The van der Waals surface area contributed by atoms with E-state index in [2.05, 4.69) is 54.6 Å². The van der Waals surface area contributed by atoms with Crippen LogP contribution in [-0.2, 0) is 6.54 Å². The molecule has 0 saturated carbocycles. The van der Waals surface area contributed by atoms with Crippen molar-refractivity contribution < 1.29 is 4.79 Å². The van der Waals surface area contributed by atoms with Crippen LogP contribution < -0.4 is 10.6 Å². The number of nitrogens with one attached hydrogen (secondary N) is 2. The van der Waals surface area contributed by atoms with Gasteiger partial charge in [-0.15, -0.1) is 0 Å². The second-order valence-corrected chi connectivity index (χ2v) is 6.82. The number of urea groups is 1. The van der Waals surface area contributed by atoms with E-state index in [-0.39, 0.29) is 6.03 Å². The van der Waals surface area contributed by atoms with Crippen molar-refractivity contribution in [3.8, 4) is 11.1 Å². The fraction of sp³-hybridized carbons (Fsp3) is 0.391. The molecule has 0 aliphatic carbocycles. The molecule has 4 heteroatoms. The summed E-state index contributed by atoms with van der Waals surface area (Å²) in [5.41, 5.74) is 4.70. The molecule has 2 rings (SSSR count). The summed E-state index contributed by atoms with van der Waals surface area (Å²) in [6, 6.07) is 12.0. The first-order chi connectivity index (χ1) is 13.1. The Labute approximate surface area is 163 Å². The number of carbonyl (C=O) groups excluding carboxylic acids is 1. The van der Waals surface area contributed by atoms with Crippen LogP contribution in [0.4, 0.5) is 4.79 Å². The van der Waals surface area contributed by atoms with E-state index >= 15 is 0 Å². The minimum Gasteiger partial charge on any atom is -0.335 e. The molecule has 0 radical (unpaired) electrons. The van der Waals surface area contributed by atoms with Crippen LogP contribution in [0, 0.1) is 5.92 Å². The third kappa shape index (κ3) is 6.89. The van der Waals surface area contributed by atoms with Crippen LogP contribution in [0.5, 0.6) is 0 Å². The van der Waals surface area contributed by atoms with Crippen LogP contribution in [0.15, 0.2) is 60.4 Å². The van der Waals surface area contributed by atoms with E-state index in [1.165, 1.54) is 18.4 Å². The second-order valence-electron chi connectivity index (χ2n) is 6.82. The van der Waals surface area contributed by atoms with Crippen LogP contribution in [0.2, 0.25) is 0 Å². The quantitative estimate of drug-likeness (QED) is 0.591. The molecule has 0 spiro atoms. The molecule has 2 N–H and O–H groups in total. The minimum atomic E-state index is -0.138. The predicted molar refractivity (Wildman–Crippen MR) is 112 cm³/mol. The van der Waals surface area contributed by atoms with E-state index in [9.17, 15) is 4.79 Å². The zero-order valence-electron chi connectivity index (χ0n) is 16.7. The summed E-state index contributed by atoms with van der Waals surface area (Å²) >= 11 is 0. The second kappa shape index (κ2) is 11.2. The lowest BCUT2D eigenvalue weighted by atomic mass is 9.94. The van der Waals surface area contributed by atoms with Crippen molar-refractivity contribution in [3.63, 3.8) is 0 Å². The Morgan fingerprint density at radius 1 is 1.11 bits per heavy atom. The van der Waals surface area contributed by atoms with Gasteiger partial charge in [-0.3, -0.25) is 4.98 Å². The SMILES string of the molecule is CCC[C@@H](C)/C(=C\CNC(=O)NCc1ccc(-c2cccnc2)cc1)CC. The maximum atomic E-state index is 12.0. The lowest BCUT2D eigenvalue weighted by molar-refractivity contribution is 0.241. The first-order valence-electron chi connectivity index (χ1n) is 9.84. The number of aromatic nitrogens is 1. The Balaban J connectivity index is 1.78. The molecule has 0 saturated heterocycles. The van der Waals surface area contributed by atoms with Gasteiger partial charge in [0.1, 0.15) is 0 Å². The van der Waals surface area contributed by atoms with E-state index in [1.807, 2.05) is 30.5 Å². The van der Waals surface area contributed by atoms with Gasteiger partial charge >= 0.3 is 6.03 Å². The number of hydrogen-bond acceptors (Lipinski definition) is 2. The lowest BCUT2D eigenvalue weighted by Crippen LogP contribution is -2.35. The van der Waals surface area contributed by atoms with E-state index in [0.29, 0.717) is 19.0 Å². The van der Waals surface area contributed by atoms with Gasteiger partial charge in [0.25, 0.3) is 0 Å². The Morgan fingerprint density at radius 2 is 1.89 bits per heavy atom. The van der Waals surface area contributed by atoms with Crippen molar-refractivity contribution in [2.45, 2.75) is 46.6 Å². The van der Waals surface area contributed by atoms with Crippen LogP contribution >= 0.6 is 0 Å². The monoisotopic (exact) mass is 365 g/mol. The average Bonchev–Trinajstić information content (AvgIpc) is 2.71. The number of carbonyl (C=O) groups is 1. The van der Waals surface area contributed by atoms with E-state index in [0.717, 1.165) is 23.1 Å². The summed E-state index contributed by atoms with van der Waals surface area (Å²) in [4.78, 5) is 16.2. The summed E-state index contributed by atoms with van der Waals surface area (Å²) < 4.78 is 0. The molecule has 1 aromatic heterocycles. The van der Waals surface area contributed by atoms with Gasteiger partial charge in [0.2, 0.25) is 0 Å². The third-order valence-electron chi connectivity index (χ3n) is 4.79. The van der Waals surface area contributed by atoms with Gasteiger partial charge in [-0.25, -0.2) is 4.79 Å². The van der Waals surface area contributed by atoms with Crippen molar-refractivity contribution in [1.29, 1.82) is 0 Å². The summed E-state index contributed by atoms with van der Waals surface area (Å²) in [5, 5.41) is 5.83. The zero-order valence-corrected chi connectivity index (χ0v) is 16.7. The molecule has 1 aromatic carbocycles. The molecule has 1 heterocycles. The fourth-order valence-electron chi connectivity index (χ4n) is 3.18. The lowest BCUT2D eigenvalue weighted by Gasteiger charge is -2.14. The Kier molecular flexibility index (Phi) is 8.56. The molecule has 144 valence electrons. The highest BCUT2D eigenvalue weighted by Crippen LogP contribution is 2.19. The van der Waals surface area contributed by atoms with E-state index < -0.39 is 0 Å². The van der Waals surface area contributed by atoms with Gasteiger partial charge in [-0.05, 0) is 41.5 Å². The van der Waals surface area contributed by atoms with Crippen LogP contribution in [-0.4, -0.2) is 17.6 Å². The molecular weight excluding hydrogens is 334 g/mol. The first kappa shape index (κ1) is 20.7. The number of hydrogen-bond donors (Lipinski definition) is 2. The van der Waals surface area contributed by atoms with E-state index in [4.69, 9.17) is 0 Å². The van der Waals surface area contributed by atoms with Gasteiger partial charge < -0.3 is 10.6 Å². The van der Waals surface area contributed by atoms with Gasteiger partial charge in [0, 0.05) is 25.5 Å². The Morgan fingerprint density at radius 3 is 2.52 bits per heavy atom. The van der Waals surface area contributed by atoms with Gasteiger partial charge in [0.05, 0.1) is 0 Å². The minimum absolute atomic E-state index is 0.138. The molecule has 0 fully saturated rings. The number of nitrogens with zero attached hydrogens (tertiary/aromatic N) is 1. The number of benzene rings is 1. The normalized spacial score (nSPS) is 12.5.